The zero-order valence-corrected chi connectivity index (χ0v) is 44.9. The van der Waals surface area contributed by atoms with Gasteiger partial charge in [-0.25, -0.2) is 4.79 Å². The zero-order valence-electron chi connectivity index (χ0n) is 44.9. The Balaban J connectivity index is 0.00000169. The number of nitrogens with zero attached hydrogens (tertiary/aromatic N) is 8. The molecule has 2 amide bonds. The van der Waals surface area contributed by atoms with E-state index < -0.39 is 6.04 Å². The van der Waals surface area contributed by atoms with Crippen LogP contribution in [0, 0.1) is 18.8 Å². The van der Waals surface area contributed by atoms with E-state index in [2.05, 4.69) is 117 Å². The summed E-state index contributed by atoms with van der Waals surface area (Å²) < 4.78 is 5.68. The molecule has 7 aliphatic rings. The summed E-state index contributed by atoms with van der Waals surface area (Å²) in [5, 5.41) is 6.34. The molecule has 3 aromatic rings. The van der Waals surface area contributed by atoms with Crippen molar-refractivity contribution in [2.24, 2.45) is 36.7 Å². The first kappa shape index (κ1) is 52.6. The number of aromatic nitrogens is 3. The molecule has 0 bridgehead atoms. The number of carbonyl (C=O) groups is 2. The lowest BCUT2D eigenvalue weighted by Crippen LogP contribution is -2.53. The van der Waals surface area contributed by atoms with Crippen LogP contribution in [0.3, 0.4) is 0 Å². The lowest BCUT2D eigenvalue weighted by atomic mass is 9.82. The van der Waals surface area contributed by atoms with Crippen LogP contribution < -0.4 is 22.1 Å². The number of nitrogens with one attached hydrogen (secondary N) is 2. The Hall–Kier alpha value is -5.70. The fourth-order valence-electron chi connectivity index (χ4n) is 12.3. The van der Waals surface area contributed by atoms with Gasteiger partial charge in [0.2, 0.25) is 11.8 Å². The van der Waals surface area contributed by atoms with Crippen LogP contribution in [0.15, 0.2) is 93.6 Å². The summed E-state index contributed by atoms with van der Waals surface area (Å²) in [5.74, 6) is 2.95. The van der Waals surface area contributed by atoms with Crippen LogP contribution in [0.1, 0.15) is 127 Å². The number of fused-ring (bicyclic) bond motifs is 2. The molecule has 1 aromatic carbocycles. The number of likely N-dealkylation sites (tertiary alicyclic amines) is 2. The van der Waals surface area contributed by atoms with Gasteiger partial charge in [-0.05, 0) is 150 Å². The molecule has 0 radical (unpaired) electrons. The largest absolute Gasteiger partial charge is 0.384 e. The molecular formula is C58H83N11O3. The second-order valence-electron chi connectivity index (χ2n) is 20.7. The first-order chi connectivity index (χ1) is 34.8. The Morgan fingerprint density at radius 1 is 0.875 bits per heavy atom. The number of benzene rings is 1. The van der Waals surface area contributed by atoms with Crippen molar-refractivity contribution in [3.8, 4) is 0 Å². The van der Waals surface area contributed by atoms with Gasteiger partial charge in [0.05, 0.1) is 17.6 Å². The van der Waals surface area contributed by atoms with Gasteiger partial charge >= 0.3 is 5.69 Å². The lowest BCUT2D eigenvalue weighted by molar-refractivity contribution is -0.129. The first-order valence-corrected chi connectivity index (χ1v) is 27.2. The molecule has 4 N–H and O–H groups in total. The van der Waals surface area contributed by atoms with E-state index in [1.165, 1.54) is 33.5 Å². The highest BCUT2D eigenvalue weighted by molar-refractivity contribution is 5.96. The number of rotatable bonds is 9. The van der Waals surface area contributed by atoms with Crippen molar-refractivity contribution in [1.29, 1.82) is 0 Å². The number of carbonyl (C=O) groups excluding carboxylic acids is 2. The highest BCUT2D eigenvalue weighted by Gasteiger charge is 2.34. The third kappa shape index (κ3) is 10.8. The van der Waals surface area contributed by atoms with Crippen molar-refractivity contribution in [2.45, 2.75) is 125 Å². The predicted octanol–water partition coefficient (Wildman–Crippen LogP) is 8.49. The Morgan fingerprint density at radius 2 is 1.62 bits per heavy atom. The number of amides is 2. The number of piperazine rings is 1. The molecule has 3 atom stereocenters. The van der Waals surface area contributed by atoms with Gasteiger partial charge in [-0.15, -0.1) is 0 Å². The second-order valence-corrected chi connectivity index (χ2v) is 20.7. The quantitative estimate of drug-likeness (QED) is 0.194. The molecule has 14 nitrogen and oxygen atoms in total. The van der Waals surface area contributed by atoms with Gasteiger partial charge in [-0.3, -0.25) is 38.4 Å². The monoisotopic (exact) mass is 982 g/mol. The molecule has 10 rings (SSSR count). The summed E-state index contributed by atoms with van der Waals surface area (Å²) in [6, 6.07) is 6.80. The van der Waals surface area contributed by atoms with Gasteiger partial charge < -0.3 is 25.8 Å². The van der Waals surface area contributed by atoms with Crippen molar-refractivity contribution in [2.75, 3.05) is 64.2 Å². The van der Waals surface area contributed by atoms with Crippen molar-refractivity contribution in [3.63, 3.8) is 0 Å². The summed E-state index contributed by atoms with van der Waals surface area (Å²) in [7, 11) is 3.97. The van der Waals surface area contributed by atoms with Crippen LogP contribution in [0.5, 0.6) is 0 Å². The van der Waals surface area contributed by atoms with E-state index in [1.807, 2.05) is 40.0 Å². The van der Waals surface area contributed by atoms with Crippen LogP contribution in [0.2, 0.25) is 0 Å². The van der Waals surface area contributed by atoms with E-state index in [4.69, 9.17) is 5.73 Å². The van der Waals surface area contributed by atoms with E-state index in [9.17, 15) is 14.4 Å². The minimum absolute atomic E-state index is 0.157. The molecule has 6 aliphatic heterocycles. The molecular weight excluding hydrogens is 899 g/mol. The van der Waals surface area contributed by atoms with Crippen LogP contribution >= 0.6 is 0 Å². The number of dihydropyridines is 1. The molecule has 388 valence electrons. The van der Waals surface area contributed by atoms with E-state index in [0.29, 0.717) is 54.8 Å². The van der Waals surface area contributed by atoms with Crippen molar-refractivity contribution < 1.29 is 9.59 Å². The highest BCUT2D eigenvalue weighted by Crippen LogP contribution is 2.40. The predicted molar refractivity (Wildman–Crippen MR) is 295 cm³/mol. The van der Waals surface area contributed by atoms with Crippen LogP contribution in [0.25, 0.3) is 16.6 Å². The van der Waals surface area contributed by atoms with E-state index in [-0.39, 0.29) is 17.5 Å². The van der Waals surface area contributed by atoms with E-state index in [0.717, 1.165) is 125 Å². The molecule has 72 heavy (non-hydrogen) atoms. The average Bonchev–Trinajstić information content (AvgIpc) is 3.86. The van der Waals surface area contributed by atoms with Gasteiger partial charge in [0.25, 0.3) is 0 Å². The third-order valence-electron chi connectivity index (χ3n) is 16.6. The topological polar surface area (TPSA) is 141 Å². The van der Waals surface area contributed by atoms with Gasteiger partial charge in [0.15, 0.2) is 0 Å². The number of aliphatic imine (C=N–C) groups is 1. The summed E-state index contributed by atoms with van der Waals surface area (Å²) in [4.78, 5) is 54.6. The number of allylic oxidation sites excluding steroid dienone is 6. The molecule has 4 fully saturated rings. The number of aryl methyl sites for hydroxylation is 2. The van der Waals surface area contributed by atoms with E-state index in [1.54, 1.807) is 16.2 Å². The van der Waals surface area contributed by atoms with Gasteiger partial charge in [0.1, 0.15) is 17.7 Å². The third-order valence-corrected chi connectivity index (χ3v) is 16.6. The molecule has 2 aromatic heterocycles. The van der Waals surface area contributed by atoms with Crippen LogP contribution in [-0.4, -0.2) is 116 Å². The number of nitrogens with two attached hydrogens (primary N) is 1. The summed E-state index contributed by atoms with van der Waals surface area (Å²) in [6.07, 6.45) is 20.1. The maximum atomic E-state index is 13.8. The number of piperidine rings is 3. The van der Waals surface area contributed by atoms with Gasteiger partial charge in [-0.1, -0.05) is 58.1 Å². The lowest BCUT2D eigenvalue weighted by Gasteiger charge is -2.43. The van der Waals surface area contributed by atoms with Gasteiger partial charge in [0, 0.05) is 101 Å². The Labute approximate surface area is 428 Å². The van der Waals surface area contributed by atoms with Crippen LogP contribution in [-0.2, 0) is 30.2 Å². The number of hydrogen-bond donors (Lipinski definition) is 3. The average molecular weight is 982 g/mol. The zero-order chi connectivity index (χ0) is 51.4. The fourth-order valence-corrected chi connectivity index (χ4v) is 12.3. The summed E-state index contributed by atoms with van der Waals surface area (Å²) in [5.41, 5.74) is 17.9. The normalized spacial score (nSPS) is 24.0. The second kappa shape index (κ2) is 23.0. The van der Waals surface area contributed by atoms with Crippen LogP contribution in [0.4, 0.5) is 5.82 Å². The molecule has 8 heterocycles. The number of anilines is 1. The minimum atomic E-state index is -0.529. The number of imidazole rings is 1. The highest BCUT2D eigenvalue weighted by atomic mass is 16.2. The number of hydrogen-bond acceptors (Lipinski definition) is 9. The Bertz CT molecular complexity index is 2760. The maximum Gasteiger partial charge on any atom is 0.329 e. The first-order valence-electron chi connectivity index (χ1n) is 27.2. The summed E-state index contributed by atoms with van der Waals surface area (Å²) in [6.45, 7) is 28.0. The molecule has 14 heteroatoms. The SMILES string of the molecule is C=C1CCC(n2c(=O)n(C)c3cc(CN4CCN(CC5CCN(C(=O)C6=CC=C(C7CCN(C(C)c8cc9c(n8C)NC=C/C9=C8/C=CC(N)=NC8)CC7)CC6)CC5)C(C)C4)c(C)cc32)C(=O)N1.CC.CC. The van der Waals surface area contributed by atoms with Crippen molar-refractivity contribution in [3.05, 3.63) is 117 Å². The van der Waals surface area contributed by atoms with E-state index >= 15 is 0 Å². The molecule has 0 saturated carbocycles. The minimum Gasteiger partial charge on any atom is -0.384 e. The van der Waals surface area contributed by atoms with Crippen molar-refractivity contribution in [1.82, 2.24) is 38.6 Å². The summed E-state index contributed by atoms with van der Waals surface area (Å²) >= 11 is 0. The molecule has 1 aliphatic carbocycles. The maximum absolute atomic E-state index is 13.8. The standard InChI is InChI=1S/C54H71N11O3.2C2H6/c1-34-27-49-48(60(6)54(68)65(49)46-13-7-35(2)58-52(46)66)28-43(34)33-61-25-26-64(36(3)31-61)32-38-16-21-63(22-17-38)53(67)41-10-8-39(9-11-41)40-18-23-62(24-19-40)37(4)47-29-45-44(15-20-56-51(45)59(47)5)42-12-14-50(55)57-30-42;2*1-2/h8,10,12,14-15,20,27-29,36-38,40,46,56H,2,7,9,11,13,16-19,21-26,30-33H2,1,3-6H3,(H2,55,57)(H,58,66);2*1-2H3/b44-42+;;. The molecule has 0 spiro atoms. The van der Waals surface area contributed by atoms with Gasteiger partial charge in [-0.2, -0.15) is 0 Å². The molecule has 4 saturated heterocycles. The smallest absolute Gasteiger partial charge is 0.329 e. The Morgan fingerprint density at radius 3 is 2.29 bits per heavy atom. The molecule has 3 unspecified atom stereocenters. The Kier molecular flexibility index (Phi) is 16.8. The number of amidine groups is 1. The fraction of sp³-hybridized carbons (Fsp3) is 0.552. The van der Waals surface area contributed by atoms with Crippen molar-refractivity contribution >= 4 is 40.1 Å².